The standard InChI is InChI=1S/C17H20BrNO5/c1-11(2)23-8-9-24-15(20)4-3-7-19-16(21)13-6-5-12(18)10-14(13)17(19)22/h5-6,10-11H,3-4,7-9H2,1-2H3. The van der Waals surface area contributed by atoms with Gasteiger partial charge in [0, 0.05) is 17.4 Å². The van der Waals surface area contributed by atoms with E-state index >= 15 is 0 Å². The topological polar surface area (TPSA) is 72.9 Å². The quantitative estimate of drug-likeness (QED) is 0.383. The van der Waals surface area contributed by atoms with Crippen LogP contribution in [0.5, 0.6) is 0 Å². The molecule has 0 radical (unpaired) electrons. The van der Waals surface area contributed by atoms with Gasteiger partial charge >= 0.3 is 5.97 Å². The number of hydrogen-bond donors (Lipinski definition) is 0. The molecule has 0 saturated carbocycles. The van der Waals surface area contributed by atoms with Crippen molar-refractivity contribution >= 4 is 33.7 Å². The van der Waals surface area contributed by atoms with E-state index in [0.717, 1.165) is 4.47 Å². The molecule has 0 saturated heterocycles. The van der Waals surface area contributed by atoms with Crippen LogP contribution < -0.4 is 0 Å². The number of hydrogen-bond acceptors (Lipinski definition) is 5. The summed E-state index contributed by atoms with van der Waals surface area (Å²) in [5.41, 5.74) is 0.791. The number of benzene rings is 1. The number of rotatable bonds is 8. The zero-order valence-corrected chi connectivity index (χ0v) is 15.3. The first-order valence-electron chi connectivity index (χ1n) is 7.83. The molecule has 0 spiro atoms. The predicted octanol–water partition coefficient (Wildman–Crippen LogP) is 2.79. The second-order valence-corrected chi connectivity index (χ2v) is 6.61. The molecule has 0 unspecified atom stereocenters. The number of esters is 1. The van der Waals surface area contributed by atoms with E-state index in [2.05, 4.69) is 15.9 Å². The Morgan fingerprint density at radius 2 is 1.88 bits per heavy atom. The molecule has 0 bridgehead atoms. The number of amides is 2. The van der Waals surface area contributed by atoms with Crippen LogP contribution in [0.15, 0.2) is 22.7 Å². The van der Waals surface area contributed by atoms with E-state index in [1.54, 1.807) is 18.2 Å². The first-order chi connectivity index (χ1) is 11.4. The highest BCUT2D eigenvalue weighted by Crippen LogP contribution is 2.26. The molecule has 0 aliphatic carbocycles. The zero-order chi connectivity index (χ0) is 17.7. The maximum absolute atomic E-state index is 12.3. The van der Waals surface area contributed by atoms with Crippen LogP contribution in [0, 0.1) is 0 Å². The van der Waals surface area contributed by atoms with Crippen molar-refractivity contribution in [2.45, 2.75) is 32.8 Å². The SMILES string of the molecule is CC(C)OCCOC(=O)CCCN1C(=O)c2ccc(Br)cc2C1=O. The highest BCUT2D eigenvalue weighted by molar-refractivity contribution is 9.10. The Balaban J connectivity index is 1.76. The average molecular weight is 398 g/mol. The summed E-state index contributed by atoms with van der Waals surface area (Å²) in [6, 6.07) is 4.99. The Kier molecular flexibility index (Phi) is 6.51. The molecule has 24 heavy (non-hydrogen) atoms. The lowest BCUT2D eigenvalue weighted by Crippen LogP contribution is -2.31. The molecule has 0 N–H and O–H groups in total. The normalized spacial score (nSPS) is 13.6. The minimum absolute atomic E-state index is 0.0950. The van der Waals surface area contributed by atoms with E-state index in [-0.39, 0.29) is 43.5 Å². The number of fused-ring (bicyclic) bond motifs is 1. The minimum Gasteiger partial charge on any atom is -0.463 e. The Bertz CT molecular complexity index is 644. The molecule has 2 rings (SSSR count). The smallest absolute Gasteiger partial charge is 0.305 e. The lowest BCUT2D eigenvalue weighted by Gasteiger charge is -2.13. The van der Waals surface area contributed by atoms with Crippen LogP contribution in [0.1, 0.15) is 47.4 Å². The molecule has 0 atom stereocenters. The molecule has 2 amide bonds. The summed E-state index contributed by atoms with van der Waals surface area (Å²) >= 11 is 3.29. The Morgan fingerprint density at radius 3 is 2.58 bits per heavy atom. The third-order valence-corrected chi connectivity index (χ3v) is 3.99. The number of carbonyl (C=O) groups excluding carboxylic acids is 3. The average Bonchev–Trinajstić information content (AvgIpc) is 2.76. The predicted molar refractivity (Wildman–Crippen MR) is 90.8 cm³/mol. The summed E-state index contributed by atoms with van der Waals surface area (Å²) in [5, 5.41) is 0. The van der Waals surface area contributed by atoms with Gasteiger partial charge < -0.3 is 9.47 Å². The van der Waals surface area contributed by atoms with Crippen molar-refractivity contribution in [2.75, 3.05) is 19.8 Å². The molecular weight excluding hydrogens is 378 g/mol. The number of nitrogens with zero attached hydrogens (tertiary/aromatic N) is 1. The van der Waals surface area contributed by atoms with Gasteiger partial charge in [-0.05, 0) is 38.5 Å². The molecule has 0 fully saturated rings. The van der Waals surface area contributed by atoms with Crippen molar-refractivity contribution in [3.8, 4) is 0 Å². The molecule has 1 aliphatic rings. The van der Waals surface area contributed by atoms with Crippen molar-refractivity contribution in [3.63, 3.8) is 0 Å². The van der Waals surface area contributed by atoms with E-state index < -0.39 is 0 Å². The number of carbonyl (C=O) groups is 3. The first kappa shape index (κ1) is 18.6. The van der Waals surface area contributed by atoms with Gasteiger partial charge in [0.1, 0.15) is 6.61 Å². The molecule has 0 aromatic heterocycles. The third kappa shape index (κ3) is 4.64. The van der Waals surface area contributed by atoms with Gasteiger partial charge in [0.05, 0.1) is 23.8 Å². The summed E-state index contributed by atoms with van der Waals surface area (Å²) in [6.07, 6.45) is 0.618. The van der Waals surface area contributed by atoms with E-state index in [4.69, 9.17) is 9.47 Å². The van der Waals surface area contributed by atoms with Crippen molar-refractivity contribution in [2.24, 2.45) is 0 Å². The monoisotopic (exact) mass is 397 g/mol. The number of imide groups is 1. The summed E-state index contributed by atoms with van der Waals surface area (Å²) in [4.78, 5) is 37.3. The second-order valence-electron chi connectivity index (χ2n) is 5.70. The van der Waals surface area contributed by atoms with Crippen LogP contribution in [0.3, 0.4) is 0 Å². The third-order valence-electron chi connectivity index (χ3n) is 3.49. The van der Waals surface area contributed by atoms with Crippen LogP contribution in [0.4, 0.5) is 0 Å². The summed E-state index contributed by atoms with van der Waals surface area (Å²) < 4.78 is 11.0. The fraction of sp³-hybridized carbons (Fsp3) is 0.471. The van der Waals surface area contributed by atoms with Gasteiger partial charge in [-0.15, -0.1) is 0 Å². The van der Waals surface area contributed by atoms with Crippen LogP contribution in [0.2, 0.25) is 0 Å². The van der Waals surface area contributed by atoms with Gasteiger partial charge in [-0.1, -0.05) is 15.9 Å². The van der Waals surface area contributed by atoms with Gasteiger partial charge in [-0.25, -0.2) is 0 Å². The van der Waals surface area contributed by atoms with E-state index in [1.165, 1.54) is 4.90 Å². The van der Waals surface area contributed by atoms with Crippen LogP contribution in [-0.2, 0) is 14.3 Å². The summed E-state index contributed by atoms with van der Waals surface area (Å²) in [6.45, 7) is 4.57. The van der Waals surface area contributed by atoms with E-state index in [9.17, 15) is 14.4 Å². The number of halogens is 1. The molecule has 1 aromatic rings. The molecule has 1 aliphatic heterocycles. The molecule has 1 aromatic carbocycles. The van der Waals surface area contributed by atoms with Crippen molar-refractivity contribution < 1.29 is 23.9 Å². The first-order valence-corrected chi connectivity index (χ1v) is 8.62. The van der Waals surface area contributed by atoms with Crippen molar-refractivity contribution in [1.82, 2.24) is 4.90 Å². The molecule has 130 valence electrons. The van der Waals surface area contributed by atoms with Gasteiger partial charge in [0.25, 0.3) is 11.8 Å². The maximum atomic E-state index is 12.3. The van der Waals surface area contributed by atoms with Gasteiger partial charge in [-0.3, -0.25) is 19.3 Å². The molecule has 1 heterocycles. The van der Waals surface area contributed by atoms with E-state index in [0.29, 0.717) is 24.2 Å². The van der Waals surface area contributed by atoms with Crippen LogP contribution in [-0.4, -0.2) is 48.5 Å². The fourth-order valence-corrected chi connectivity index (χ4v) is 2.72. The molecular formula is C17H20BrNO5. The lowest BCUT2D eigenvalue weighted by atomic mass is 10.1. The van der Waals surface area contributed by atoms with Crippen LogP contribution in [0.25, 0.3) is 0 Å². The highest BCUT2D eigenvalue weighted by Gasteiger charge is 2.35. The second kappa shape index (κ2) is 8.39. The van der Waals surface area contributed by atoms with Gasteiger partial charge in [0.15, 0.2) is 0 Å². The Hall–Kier alpha value is -1.73. The molecule has 7 heteroatoms. The lowest BCUT2D eigenvalue weighted by molar-refractivity contribution is -0.145. The van der Waals surface area contributed by atoms with E-state index in [1.807, 2.05) is 13.8 Å². The summed E-state index contributed by atoms with van der Waals surface area (Å²) in [7, 11) is 0. The van der Waals surface area contributed by atoms with Gasteiger partial charge in [-0.2, -0.15) is 0 Å². The zero-order valence-electron chi connectivity index (χ0n) is 13.7. The van der Waals surface area contributed by atoms with Crippen molar-refractivity contribution in [3.05, 3.63) is 33.8 Å². The Morgan fingerprint density at radius 1 is 1.17 bits per heavy atom. The summed E-state index contributed by atoms with van der Waals surface area (Å²) in [5.74, 6) is -1.00. The molecule has 6 nitrogen and oxygen atoms in total. The van der Waals surface area contributed by atoms with Crippen molar-refractivity contribution in [1.29, 1.82) is 0 Å². The Labute approximate surface area is 149 Å². The highest BCUT2D eigenvalue weighted by atomic mass is 79.9. The van der Waals surface area contributed by atoms with Gasteiger partial charge in [0.2, 0.25) is 0 Å². The minimum atomic E-state index is -0.360. The fourth-order valence-electron chi connectivity index (χ4n) is 2.36. The largest absolute Gasteiger partial charge is 0.463 e. The number of ether oxygens (including phenoxy) is 2. The van der Waals surface area contributed by atoms with Crippen LogP contribution >= 0.6 is 15.9 Å². The maximum Gasteiger partial charge on any atom is 0.305 e.